The van der Waals surface area contributed by atoms with E-state index < -0.39 is 79.3 Å². The molecule has 2 rings (SSSR count). The molecule has 1 aromatic rings. The maximum atomic E-state index is 13.3. The number of likely N-dealkylation sites (tertiary alicyclic amines) is 1. The minimum absolute atomic E-state index is 0.595. The fourth-order valence-electron chi connectivity index (χ4n) is 1.50. The number of carbonyl (C=O) groups is 1. The molecule has 134 valence electrons. The molecule has 5 nitrogen and oxygen atoms in total. The predicted octanol–water partition coefficient (Wildman–Crippen LogP) is 4.03. The van der Waals surface area contributed by atoms with Crippen LogP contribution in [0.1, 0.15) is 65.9 Å². The highest BCUT2D eigenvalue weighted by molar-refractivity contribution is 5.68. The van der Waals surface area contributed by atoms with Gasteiger partial charge < -0.3 is 14.4 Å². The summed E-state index contributed by atoms with van der Waals surface area (Å²) in [7, 11) is 0. The summed E-state index contributed by atoms with van der Waals surface area (Å²) in [6, 6.07) is -2.47. The van der Waals surface area contributed by atoms with Crippen LogP contribution >= 0.6 is 0 Å². The summed E-state index contributed by atoms with van der Waals surface area (Å²) in [6.07, 6.45) is -13.7. The van der Waals surface area contributed by atoms with Crippen LogP contribution in [0.25, 0.3) is 0 Å². The molecule has 0 spiro atoms. The average molecular weight is 353 g/mol. The van der Waals surface area contributed by atoms with Gasteiger partial charge in [0.1, 0.15) is 11.4 Å². The van der Waals surface area contributed by atoms with Gasteiger partial charge in [-0.25, -0.2) is 14.2 Å². The summed E-state index contributed by atoms with van der Waals surface area (Å²) in [6.45, 7) is -7.06. The normalized spacial score (nSPS) is 44.9. The van der Waals surface area contributed by atoms with Gasteiger partial charge in [0.2, 0.25) is 5.88 Å². The monoisotopic (exact) mass is 352 g/mol. The summed E-state index contributed by atoms with van der Waals surface area (Å²) in [4.78, 5) is 16.1. The number of amides is 1. The number of ether oxygens (including phenoxy) is 2. The molecule has 1 aromatic heterocycles. The van der Waals surface area contributed by atoms with E-state index in [0.717, 1.165) is 12.1 Å². The van der Waals surface area contributed by atoms with Crippen LogP contribution in [0, 0.1) is 11.7 Å². The number of aromatic nitrogens is 1. The SMILES string of the molecule is [2H]C(Oc1ccc(F)cn1)C([2H])([2H])[C@@]1([2H])N(C(=O)OC(C)(C)C)C([2H])([2H])[C@@]([2H])(C([2H])([2H])[2H])C([2H])([2H])C1([2H])[2H]. The van der Waals surface area contributed by atoms with Gasteiger partial charge in [-0.3, -0.25) is 0 Å². The number of pyridine rings is 1. The van der Waals surface area contributed by atoms with Crippen molar-refractivity contribution in [2.75, 3.05) is 13.1 Å². The maximum Gasteiger partial charge on any atom is 0.410 e. The quantitative estimate of drug-likeness (QED) is 0.821. The van der Waals surface area contributed by atoms with Crippen LogP contribution in [0.5, 0.6) is 5.88 Å². The van der Waals surface area contributed by atoms with E-state index in [-0.39, 0.29) is 0 Å². The summed E-state index contributed by atoms with van der Waals surface area (Å²) >= 11 is 0. The largest absolute Gasteiger partial charge is 0.478 e. The Hall–Kier alpha value is -1.85. The summed E-state index contributed by atoms with van der Waals surface area (Å²) in [5.41, 5.74) is -1.50. The summed E-state index contributed by atoms with van der Waals surface area (Å²) in [5.74, 6) is -5.57. The Balaban J connectivity index is 2.92. The highest BCUT2D eigenvalue weighted by Crippen LogP contribution is 2.26. The van der Waals surface area contributed by atoms with Crippen LogP contribution in [-0.2, 0) is 4.74 Å². The Morgan fingerprint density at radius 2 is 2.38 bits per heavy atom. The Morgan fingerprint density at radius 3 is 3.00 bits per heavy atom. The van der Waals surface area contributed by atoms with Crippen molar-refractivity contribution in [3.8, 4) is 5.88 Å². The van der Waals surface area contributed by atoms with E-state index in [9.17, 15) is 9.18 Å². The lowest BCUT2D eigenvalue weighted by atomic mass is 9.93. The third kappa shape index (κ3) is 5.65. The molecule has 1 saturated heterocycles. The van der Waals surface area contributed by atoms with E-state index in [1.807, 2.05) is 0 Å². The van der Waals surface area contributed by atoms with Gasteiger partial charge in [-0.05, 0) is 45.5 Å². The fraction of sp³-hybridized carbons (Fsp3) is 0.667. The van der Waals surface area contributed by atoms with E-state index in [0.29, 0.717) is 6.20 Å². The first-order chi connectivity index (χ1) is 16.6. The molecule has 1 aliphatic rings. The number of hydrogen-bond donors (Lipinski definition) is 0. The van der Waals surface area contributed by atoms with E-state index in [2.05, 4.69) is 4.98 Å². The van der Waals surface area contributed by atoms with Gasteiger partial charge in [0.15, 0.2) is 0 Å². The molecule has 0 aliphatic carbocycles. The van der Waals surface area contributed by atoms with Crippen LogP contribution in [0.3, 0.4) is 0 Å². The van der Waals surface area contributed by atoms with Crippen LogP contribution < -0.4 is 4.74 Å². The molecule has 0 bridgehead atoms. The van der Waals surface area contributed by atoms with Crippen LogP contribution in [0.15, 0.2) is 18.3 Å². The van der Waals surface area contributed by atoms with Gasteiger partial charge in [0, 0.05) is 41.4 Å². The zero-order valence-electron chi connectivity index (χ0n) is 27.3. The van der Waals surface area contributed by atoms with Crippen molar-refractivity contribution < 1.29 is 37.8 Å². The molecule has 0 saturated carbocycles. The topological polar surface area (TPSA) is 51.7 Å². The smallest absolute Gasteiger partial charge is 0.410 e. The van der Waals surface area contributed by atoms with Crippen molar-refractivity contribution in [2.24, 2.45) is 5.89 Å². The molecule has 1 fully saturated rings. The van der Waals surface area contributed by atoms with Crippen molar-refractivity contribution in [3.05, 3.63) is 24.1 Å². The summed E-state index contributed by atoms with van der Waals surface area (Å²) < 4.78 is 139. The van der Waals surface area contributed by atoms with E-state index in [1.165, 1.54) is 20.8 Å². The first-order valence-corrected chi connectivity index (χ1v) is 6.88. The molecule has 1 amide bonds. The average Bonchev–Trinajstić information content (AvgIpc) is 2.70. The molecule has 0 aromatic carbocycles. The van der Waals surface area contributed by atoms with Crippen molar-refractivity contribution in [3.63, 3.8) is 0 Å². The minimum Gasteiger partial charge on any atom is -0.478 e. The minimum atomic E-state index is -4.21. The zero-order valence-corrected chi connectivity index (χ0v) is 13.3. The number of piperidine rings is 1. The van der Waals surface area contributed by atoms with Crippen molar-refractivity contribution in [1.29, 1.82) is 0 Å². The number of carbonyl (C=O) groups excluding carboxylic acids is 1. The third-order valence-electron chi connectivity index (χ3n) is 2.40. The first kappa shape index (κ1) is 7.18. The molecule has 0 N–H and O–H groups in total. The molecule has 1 unspecified atom stereocenters. The third-order valence-corrected chi connectivity index (χ3v) is 2.40. The van der Waals surface area contributed by atoms with Crippen LogP contribution in [0.2, 0.25) is 0 Å². The van der Waals surface area contributed by atoms with Gasteiger partial charge in [-0.1, -0.05) is 6.85 Å². The van der Waals surface area contributed by atoms with Gasteiger partial charge in [-0.15, -0.1) is 0 Å². The lowest BCUT2D eigenvalue weighted by Gasteiger charge is -2.39. The Labute approximate surface area is 162 Å². The van der Waals surface area contributed by atoms with E-state index in [1.54, 1.807) is 0 Å². The first-order valence-electron chi connectivity index (χ1n) is 14.0. The van der Waals surface area contributed by atoms with Gasteiger partial charge >= 0.3 is 6.09 Å². The molecular formula is C18H27FN2O3. The molecule has 1 aliphatic heterocycles. The lowest BCUT2D eigenvalue weighted by molar-refractivity contribution is 0.00129. The second-order valence-corrected chi connectivity index (χ2v) is 5.60. The second-order valence-electron chi connectivity index (χ2n) is 5.60. The number of halogens is 1. The number of nitrogens with zero attached hydrogens (tertiary/aromatic N) is 2. The summed E-state index contributed by atoms with van der Waals surface area (Å²) in [5, 5.41) is 0. The highest BCUT2D eigenvalue weighted by Gasteiger charge is 2.32. The zero-order chi connectivity index (χ0) is 30.1. The Kier molecular flexibility index (Phi) is 2.34. The van der Waals surface area contributed by atoms with Gasteiger partial charge in [-0.2, -0.15) is 0 Å². The van der Waals surface area contributed by atoms with Gasteiger partial charge in [0.05, 0.1) is 15.5 Å². The standard InChI is InChI=1S/C18H27FN2O3/c1-13-5-7-15(21(12-13)17(22)24-18(2,3)4)9-10-23-16-8-6-14(19)11-20-16/h6,8,11,13,15H,5,7,9-10,12H2,1-4H3/t13-,15-/m0/s1/i1D3,5D2,7D2,9D2,10D,12D2,13D,15D/t10?,13-,15-. The van der Waals surface area contributed by atoms with Crippen molar-refractivity contribution in [2.45, 2.75) is 58.4 Å². The molecule has 24 heavy (non-hydrogen) atoms. The van der Waals surface area contributed by atoms with E-state index in [4.69, 9.17) is 28.7 Å². The van der Waals surface area contributed by atoms with Crippen LogP contribution in [-0.4, -0.2) is 40.7 Å². The Bertz CT molecular complexity index is 1060. The Morgan fingerprint density at radius 1 is 1.58 bits per heavy atom. The molecule has 3 atom stereocenters. The second kappa shape index (κ2) is 7.81. The predicted molar refractivity (Wildman–Crippen MR) is 89.4 cm³/mol. The molecule has 0 radical (unpaired) electrons. The maximum absolute atomic E-state index is 13.3. The molecule has 6 heteroatoms. The van der Waals surface area contributed by atoms with Crippen LogP contribution in [0.4, 0.5) is 9.18 Å². The number of hydrogen-bond acceptors (Lipinski definition) is 4. The van der Waals surface area contributed by atoms with Crippen molar-refractivity contribution >= 4 is 6.09 Å². The fourth-order valence-corrected chi connectivity index (χ4v) is 1.50. The van der Waals surface area contributed by atoms with Gasteiger partial charge in [0.25, 0.3) is 0 Å². The molecule has 2 heterocycles. The number of rotatable bonds is 4. The van der Waals surface area contributed by atoms with E-state index >= 15 is 0 Å². The molecular weight excluding hydrogens is 311 g/mol. The lowest BCUT2D eigenvalue weighted by Crippen LogP contribution is -2.48. The highest BCUT2D eigenvalue weighted by atomic mass is 19.1. The van der Waals surface area contributed by atoms with Crippen molar-refractivity contribution in [1.82, 2.24) is 9.88 Å².